The van der Waals surface area contributed by atoms with Crippen molar-refractivity contribution in [3.05, 3.63) is 0 Å². The van der Waals surface area contributed by atoms with Crippen molar-refractivity contribution >= 4 is 21.9 Å². The molecule has 0 aliphatic rings. The van der Waals surface area contributed by atoms with E-state index in [0.717, 1.165) is 6.42 Å². The molecule has 0 saturated carbocycles. The molecule has 0 unspecified atom stereocenters. The number of alkyl halides is 1. The number of carbonyl (C=O) groups is 1. The van der Waals surface area contributed by atoms with Gasteiger partial charge in [-0.1, -0.05) is 36.2 Å². The van der Waals surface area contributed by atoms with Gasteiger partial charge in [-0.05, 0) is 5.92 Å². The van der Waals surface area contributed by atoms with Gasteiger partial charge in [-0.25, -0.2) is 0 Å². The molecule has 0 bridgehead atoms. The van der Waals surface area contributed by atoms with Gasteiger partial charge in [0.15, 0.2) is 0 Å². The second-order valence-corrected chi connectivity index (χ2v) is 2.89. The van der Waals surface area contributed by atoms with Gasteiger partial charge in [-0.15, -0.1) is 0 Å². The third-order valence-electron chi connectivity index (χ3n) is 1.33. The molecule has 0 N–H and O–H groups in total. The van der Waals surface area contributed by atoms with E-state index in [2.05, 4.69) is 29.8 Å². The van der Waals surface area contributed by atoms with Crippen LogP contribution in [0.4, 0.5) is 0 Å². The van der Waals surface area contributed by atoms with Crippen molar-refractivity contribution < 1.29 is 9.53 Å². The summed E-state index contributed by atoms with van der Waals surface area (Å²) in [5.41, 5.74) is 0. The number of rotatable bonds is 4. The summed E-state index contributed by atoms with van der Waals surface area (Å²) in [5, 5.41) is 0.295. The highest BCUT2D eigenvalue weighted by molar-refractivity contribution is 9.09. The first-order chi connectivity index (χ1) is 4.70. The average Bonchev–Trinajstić information content (AvgIpc) is 1.99. The molecule has 1 atom stereocenters. The largest absolute Gasteiger partial charge is 0.465 e. The first-order valence-corrected chi connectivity index (χ1v) is 4.54. The van der Waals surface area contributed by atoms with Gasteiger partial charge in [-0.3, -0.25) is 4.79 Å². The summed E-state index contributed by atoms with van der Waals surface area (Å²) in [6, 6.07) is 0. The standard InChI is InChI=1S/C7H13BrO2/c1-3-6(2)5-10-7(9)4-8/h6H,3-5H2,1-2H3/t6-/m0/s1. The summed E-state index contributed by atoms with van der Waals surface area (Å²) in [4.78, 5) is 10.6. The van der Waals surface area contributed by atoms with Crippen molar-refractivity contribution in [3.63, 3.8) is 0 Å². The molecular formula is C7H13BrO2. The summed E-state index contributed by atoms with van der Waals surface area (Å²) in [5.74, 6) is 0.295. The molecule has 0 rings (SSSR count). The molecule has 0 fully saturated rings. The molecule has 0 aromatic rings. The zero-order valence-electron chi connectivity index (χ0n) is 6.39. The quantitative estimate of drug-likeness (QED) is 0.522. The Kier molecular flexibility index (Phi) is 5.69. The number of esters is 1. The van der Waals surface area contributed by atoms with Gasteiger partial charge in [-0.2, -0.15) is 0 Å². The van der Waals surface area contributed by atoms with Crippen LogP contribution in [0.15, 0.2) is 0 Å². The molecule has 0 aromatic heterocycles. The molecule has 0 aliphatic heterocycles. The maximum absolute atomic E-state index is 10.6. The molecule has 0 heterocycles. The fourth-order valence-electron chi connectivity index (χ4n) is 0.392. The monoisotopic (exact) mass is 208 g/mol. The Labute approximate surface area is 70.1 Å². The highest BCUT2D eigenvalue weighted by Crippen LogP contribution is 2.00. The molecule has 2 nitrogen and oxygen atoms in total. The Balaban J connectivity index is 3.26. The van der Waals surface area contributed by atoms with Crippen LogP contribution in [0.3, 0.4) is 0 Å². The normalized spacial score (nSPS) is 12.7. The first kappa shape index (κ1) is 9.95. The lowest BCUT2D eigenvalue weighted by Crippen LogP contribution is -2.11. The highest BCUT2D eigenvalue weighted by Gasteiger charge is 2.02. The van der Waals surface area contributed by atoms with Crippen molar-refractivity contribution in [2.45, 2.75) is 20.3 Å². The lowest BCUT2D eigenvalue weighted by atomic mass is 10.1. The second kappa shape index (κ2) is 5.71. The van der Waals surface area contributed by atoms with Crippen LogP contribution in [0.5, 0.6) is 0 Å². The van der Waals surface area contributed by atoms with Crippen LogP contribution in [0.1, 0.15) is 20.3 Å². The minimum absolute atomic E-state index is 0.180. The molecule has 10 heavy (non-hydrogen) atoms. The molecule has 3 heteroatoms. The van der Waals surface area contributed by atoms with Crippen LogP contribution in [-0.2, 0) is 9.53 Å². The molecular weight excluding hydrogens is 196 g/mol. The Hall–Kier alpha value is -0.0500. The van der Waals surface area contributed by atoms with Crippen LogP contribution < -0.4 is 0 Å². The van der Waals surface area contributed by atoms with E-state index in [4.69, 9.17) is 4.74 Å². The van der Waals surface area contributed by atoms with Gasteiger partial charge < -0.3 is 4.74 Å². The van der Waals surface area contributed by atoms with Crippen LogP contribution in [0, 0.1) is 5.92 Å². The number of hydrogen-bond acceptors (Lipinski definition) is 2. The SMILES string of the molecule is CC[C@H](C)COC(=O)CBr. The molecule has 0 aromatic carbocycles. The summed E-state index contributed by atoms with van der Waals surface area (Å²) >= 11 is 3.01. The molecule has 0 spiro atoms. The minimum atomic E-state index is -0.180. The van der Waals surface area contributed by atoms with E-state index in [-0.39, 0.29) is 5.97 Å². The third-order valence-corrected chi connectivity index (χ3v) is 1.79. The molecule has 0 saturated heterocycles. The Morgan fingerprint density at radius 3 is 2.70 bits per heavy atom. The predicted octanol–water partition coefficient (Wildman–Crippen LogP) is 1.97. The van der Waals surface area contributed by atoms with Gasteiger partial charge in [0.2, 0.25) is 0 Å². The number of hydrogen-bond donors (Lipinski definition) is 0. The van der Waals surface area contributed by atoms with E-state index in [1.807, 2.05) is 0 Å². The lowest BCUT2D eigenvalue weighted by Gasteiger charge is -2.07. The smallest absolute Gasteiger partial charge is 0.316 e. The van der Waals surface area contributed by atoms with Crippen LogP contribution in [0.2, 0.25) is 0 Å². The summed E-state index contributed by atoms with van der Waals surface area (Å²) < 4.78 is 4.86. The molecule has 0 amide bonds. The van der Waals surface area contributed by atoms with E-state index >= 15 is 0 Å². The highest BCUT2D eigenvalue weighted by atomic mass is 79.9. The fourth-order valence-corrected chi connectivity index (χ4v) is 0.554. The summed E-state index contributed by atoms with van der Waals surface area (Å²) in [7, 11) is 0. The Morgan fingerprint density at radius 2 is 2.30 bits per heavy atom. The number of carbonyl (C=O) groups excluding carboxylic acids is 1. The summed E-state index contributed by atoms with van der Waals surface area (Å²) in [6.45, 7) is 4.68. The average molecular weight is 209 g/mol. The maximum atomic E-state index is 10.6. The van der Waals surface area contributed by atoms with Gasteiger partial charge in [0, 0.05) is 0 Å². The fraction of sp³-hybridized carbons (Fsp3) is 0.857. The Bertz CT molecular complexity index is 104. The van der Waals surface area contributed by atoms with Crippen LogP contribution in [-0.4, -0.2) is 17.9 Å². The van der Waals surface area contributed by atoms with E-state index in [0.29, 0.717) is 17.9 Å². The van der Waals surface area contributed by atoms with Gasteiger partial charge in [0.1, 0.15) is 5.33 Å². The van der Waals surface area contributed by atoms with Crippen molar-refractivity contribution in [1.82, 2.24) is 0 Å². The third kappa shape index (κ3) is 4.79. The Morgan fingerprint density at radius 1 is 1.70 bits per heavy atom. The topological polar surface area (TPSA) is 26.3 Å². The van der Waals surface area contributed by atoms with Gasteiger partial charge in [0.05, 0.1) is 6.61 Å². The van der Waals surface area contributed by atoms with Crippen molar-refractivity contribution in [2.75, 3.05) is 11.9 Å². The van der Waals surface area contributed by atoms with E-state index in [1.165, 1.54) is 0 Å². The van der Waals surface area contributed by atoms with E-state index in [1.54, 1.807) is 0 Å². The van der Waals surface area contributed by atoms with Crippen molar-refractivity contribution in [2.24, 2.45) is 5.92 Å². The molecule has 0 aliphatic carbocycles. The van der Waals surface area contributed by atoms with Crippen LogP contribution >= 0.6 is 15.9 Å². The number of halogens is 1. The predicted molar refractivity (Wildman–Crippen MR) is 44.2 cm³/mol. The van der Waals surface area contributed by atoms with E-state index in [9.17, 15) is 4.79 Å². The van der Waals surface area contributed by atoms with Crippen molar-refractivity contribution in [1.29, 1.82) is 0 Å². The number of ether oxygens (including phenoxy) is 1. The lowest BCUT2D eigenvalue weighted by molar-refractivity contribution is -0.141. The van der Waals surface area contributed by atoms with Crippen molar-refractivity contribution in [3.8, 4) is 0 Å². The maximum Gasteiger partial charge on any atom is 0.316 e. The first-order valence-electron chi connectivity index (χ1n) is 3.42. The van der Waals surface area contributed by atoms with Gasteiger partial charge in [0.25, 0.3) is 0 Å². The minimum Gasteiger partial charge on any atom is -0.465 e. The van der Waals surface area contributed by atoms with E-state index < -0.39 is 0 Å². The molecule has 0 radical (unpaired) electrons. The molecule has 60 valence electrons. The summed E-state index contributed by atoms with van der Waals surface area (Å²) in [6.07, 6.45) is 1.05. The zero-order chi connectivity index (χ0) is 7.98. The van der Waals surface area contributed by atoms with Gasteiger partial charge >= 0.3 is 5.97 Å². The van der Waals surface area contributed by atoms with Crippen LogP contribution in [0.25, 0.3) is 0 Å². The zero-order valence-corrected chi connectivity index (χ0v) is 7.98. The second-order valence-electron chi connectivity index (χ2n) is 2.33.